The number of hydrogen-bond donors (Lipinski definition) is 3. The molecule has 1 heterocycles. The second-order valence-electron chi connectivity index (χ2n) is 7.84. The number of aryl methyl sites for hydroxylation is 1. The minimum atomic E-state index is -0.541. The number of carbonyl (C=O) groups excluding carboxylic acids is 1. The Morgan fingerprint density at radius 3 is 2.67 bits per heavy atom. The standard InChI is InChI=1S/C24H28ClN3O2/c1-16(2)13-14-26-24(30)21(12-11-17-7-4-3-5-8-17)27-15-19-18-9-6-10-20(25)22(18)28-23(19)29/h3-10,15-16,21,28-29H,11-14H2,1-2H3,(H,26,30)/t21-/m0/s1. The minimum absolute atomic E-state index is 0.0103. The van der Waals surface area contributed by atoms with Crippen LogP contribution < -0.4 is 5.32 Å². The molecule has 0 spiro atoms. The SMILES string of the molecule is CC(C)CCNC(=O)[C@H](CCc1ccccc1)N=Cc1c(O)[nH]c2c(Cl)cccc12. The van der Waals surface area contributed by atoms with Crippen molar-refractivity contribution in [3.05, 3.63) is 64.7 Å². The van der Waals surface area contributed by atoms with E-state index in [9.17, 15) is 9.90 Å². The van der Waals surface area contributed by atoms with E-state index in [0.717, 1.165) is 23.8 Å². The summed E-state index contributed by atoms with van der Waals surface area (Å²) >= 11 is 6.20. The Hall–Kier alpha value is -2.79. The lowest BCUT2D eigenvalue weighted by Gasteiger charge is -2.14. The number of rotatable bonds is 9. The third-order valence-corrected chi connectivity index (χ3v) is 5.37. The maximum absolute atomic E-state index is 12.8. The first-order chi connectivity index (χ1) is 14.5. The van der Waals surface area contributed by atoms with Crippen LogP contribution >= 0.6 is 11.6 Å². The molecule has 0 aliphatic heterocycles. The molecular formula is C24H28ClN3O2. The van der Waals surface area contributed by atoms with E-state index in [0.29, 0.717) is 35.0 Å². The lowest BCUT2D eigenvalue weighted by atomic mass is 10.0. The monoisotopic (exact) mass is 425 g/mol. The molecule has 0 saturated heterocycles. The number of halogens is 1. The van der Waals surface area contributed by atoms with Gasteiger partial charge in [0.05, 0.1) is 16.1 Å². The van der Waals surface area contributed by atoms with Gasteiger partial charge in [0.15, 0.2) is 5.88 Å². The second kappa shape index (κ2) is 10.3. The maximum atomic E-state index is 12.8. The highest BCUT2D eigenvalue weighted by atomic mass is 35.5. The van der Waals surface area contributed by atoms with Crippen LogP contribution in [-0.4, -0.2) is 34.8 Å². The van der Waals surface area contributed by atoms with Crippen molar-refractivity contribution in [2.24, 2.45) is 10.9 Å². The van der Waals surface area contributed by atoms with Crippen molar-refractivity contribution >= 4 is 34.6 Å². The first kappa shape index (κ1) is 21.9. The zero-order valence-electron chi connectivity index (χ0n) is 17.4. The molecule has 0 bridgehead atoms. The molecule has 6 heteroatoms. The summed E-state index contributed by atoms with van der Waals surface area (Å²) < 4.78 is 0. The average molecular weight is 426 g/mol. The van der Waals surface area contributed by atoms with Gasteiger partial charge in [-0.3, -0.25) is 9.79 Å². The fraction of sp³-hybridized carbons (Fsp3) is 0.333. The number of aromatic amines is 1. The Balaban J connectivity index is 1.79. The first-order valence-electron chi connectivity index (χ1n) is 10.3. The van der Waals surface area contributed by atoms with Gasteiger partial charge in [0.25, 0.3) is 0 Å². The van der Waals surface area contributed by atoms with Crippen molar-refractivity contribution in [3.8, 4) is 5.88 Å². The highest BCUT2D eigenvalue weighted by Gasteiger charge is 2.18. The second-order valence-corrected chi connectivity index (χ2v) is 8.25. The normalized spacial score (nSPS) is 12.7. The van der Waals surface area contributed by atoms with Crippen LogP contribution in [0, 0.1) is 5.92 Å². The van der Waals surface area contributed by atoms with Crippen molar-refractivity contribution < 1.29 is 9.90 Å². The molecule has 0 aliphatic carbocycles. The van der Waals surface area contributed by atoms with Crippen LogP contribution in [0.15, 0.2) is 53.5 Å². The average Bonchev–Trinajstić information content (AvgIpc) is 3.05. The summed E-state index contributed by atoms with van der Waals surface area (Å²) in [7, 11) is 0. The number of nitrogens with zero attached hydrogens (tertiary/aromatic N) is 1. The van der Waals surface area contributed by atoms with Crippen LogP contribution in [0.4, 0.5) is 0 Å². The van der Waals surface area contributed by atoms with Gasteiger partial charge in [-0.25, -0.2) is 0 Å². The quantitative estimate of drug-likeness (QED) is 0.416. The topological polar surface area (TPSA) is 77.5 Å². The Morgan fingerprint density at radius 1 is 1.17 bits per heavy atom. The molecule has 0 unspecified atom stereocenters. The molecule has 3 N–H and O–H groups in total. The summed E-state index contributed by atoms with van der Waals surface area (Å²) in [4.78, 5) is 20.2. The van der Waals surface area contributed by atoms with Crippen molar-refractivity contribution in [3.63, 3.8) is 0 Å². The van der Waals surface area contributed by atoms with Crippen LogP contribution in [0.5, 0.6) is 5.88 Å². The lowest BCUT2D eigenvalue weighted by Crippen LogP contribution is -2.35. The van der Waals surface area contributed by atoms with Gasteiger partial charge in [0, 0.05) is 18.1 Å². The van der Waals surface area contributed by atoms with E-state index in [2.05, 4.69) is 29.1 Å². The van der Waals surface area contributed by atoms with E-state index < -0.39 is 6.04 Å². The maximum Gasteiger partial charge on any atom is 0.244 e. The fourth-order valence-electron chi connectivity index (χ4n) is 3.31. The Bertz CT molecular complexity index is 1010. The van der Waals surface area contributed by atoms with Crippen LogP contribution in [0.3, 0.4) is 0 Å². The number of aromatic hydroxyl groups is 1. The molecule has 0 saturated carbocycles. The minimum Gasteiger partial charge on any atom is -0.494 e. The van der Waals surface area contributed by atoms with Gasteiger partial charge in [-0.05, 0) is 36.8 Å². The molecule has 1 aromatic heterocycles. The van der Waals surface area contributed by atoms with E-state index >= 15 is 0 Å². The largest absolute Gasteiger partial charge is 0.494 e. The van der Waals surface area contributed by atoms with Gasteiger partial charge in [-0.1, -0.05) is 67.9 Å². The third-order valence-electron chi connectivity index (χ3n) is 5.06. The summed E-state index contributed by atoms with van der Waals surface area (Å²) in [5, 5.41) is 14.6. The number of hydrogen-bond acceptors (Lipinski definition) is 3. The van der Waals surface area contributed by atoms with E-state index in [1.54, 1.807) is 12.3 Å². The van der Waals surface area contributed by atoms with Crippen LogP contribution in [0.1, 0.15) is 37.8 Å². The van der Waals surface area contributed by atoms with Gasteiger partial charge in [0.1, 0.15) is 6.04 Å². The van der Waals surface area contributed by atoms with Crippen molar-refractivity contribution in [2.75, 3.05) is 6.54 Å². The highest BCUT2D eigenvalue weighted by molar-refractivity contribution is 6.35. The molecule has 1 atom stereocenters. The molecule has 0 radical (unpaired) electrons. The summed E-state index contributed by atoms with van der Waals surface area (Å²) in [5.74, 6) is 0.411. The molecule has 1 amide bonds. The van der Waals surface area contributed by atoms with Crippen molar-refractivity contribution in [1.29, 1.82) is 0 Å². The van der Waals surface area contributed by atoms with E-state index in [4.69, 9.17) is 11.6 Å². The zero-order valence-corrected chi connectivity index (χ0v) is 18.1. The highest BCUT2D eigenvalue weighted by Crippen LogP contribution is 2.30. The predicted octanol–water partition coefficient (Wildman–Crippen LogP) is 5.11. The number of H-pyrrole nitrogens is 1. The van der Waals surface area contributed by atoms with Gasteiger partial charge >= 0.3 is 0 Å². The van der Waals surface area contributed by atoms with Crippen molar-refractivity contribution in [2.45, 2.75) is 39.2 Å². The Labute approximate surface area is 182 Å². The van der Waals surface area contributed by atoms with Gasteiger partial charge in [-0.2, -0.15) is 0 Å². The smallest absolute Gasteiger partial charge is 0.244 e. The van der Waals surface area contributed by atoms with E-state index in [1.807, 2.05) is 42.5 Å². The molecule has 3 rings (SSSR count). The van der Waals surface area contributed by atoms with E-state index in [1.165, 1.54) is 0 Å². The summed E-state index contributed by atoms with van der Waals surface area (Å²) in [6.07, 6.45) is 3.81. The first-order valence-corrected chi connectivity index (χ1v) is 10.7. The molecule has 158 valence electrons. The van der Waals surface area contributed by atoms with Crippen LogP contribution in [0.25, 0.3) is 10.9 Å². The van der Waals surface area contributed by atoms with Gasteiger partial charge < -0.3 is 15.4 Å². The molecule has 0 fully saturated rings. The number of aliphatic imine (C=N–C) groups is 1. The number of carbonyl (C=O) groups is 1. The zero-order chi connectivity index (χ0) is 21.5. The lowest BCUT2D eigenvalue weighted by molar-refractivity contribution is -0.122. The Morgan fingerprint density at radius 2 is 1.93 bits per heavy atom. The summed E-state index contributed by atoms with van der Waals surface area (Å²) in [6.45, 7) is 4.88. The summed E-state index contributed by atoms with van der Waals surface area (Å²) in [5.41, 5.74) is 2.35. The molecule has 2 aromatic carbocycles. The Kier molecular flexibility index (Phi) is 7.52. The third kappa shape index (κ3) is 5.63. The number of fused-ring (bicyclic) bond motifs is 1. The predicted molar refractivity (Wildman–Crippen MR) is 124 cm³/mol. The number of para-hydroxylation sites is 1. The van der Waals surface area contributed by atoms with Gasteiger partial charge in [-0.15, -0.1) is 0 Å². The number of aromatic nitrogens is 1. The van der Waals surface area contributed by atoms with Gasteiger partial charge in [0.2, 0.25) is 5.91 Å². The van der Waals surface area contributed by atoms with Crippen LogP contribution in [-0.2, 0) is 11.2 Å². The number of amides is 1. The molecular weight excluding hydrogens is 398 g/mol. The molecule has 3 aromatic rings. The van der Waals surface area contributed by atoms with Crippen molar-refractivity contribution in [1.82, 2.24) is 10.3 Å². The fourth-order valence-corrected chi connectivity index (χ4v) is 3.53. The molecule has 30 heavy (non-hydrogen) atoms. The number of benzene rings is 2. The van der Waals surface area contributed by atoms with Crippen LogP contribution in [0.2, 0.25) is 5.02 Å². The van der Waals surface area contributed by atoms with E-state index in [-0.39, 0.29) is 11.8 Å². The molecule has 0 aliphatic rings. The molecule has 5 nitrogen and oxygen atoms in total. The number of nitrogens with one attached hydrogen (secondary N) is 2. The summed E-state index contributed by atoms with van der Waals surface area (Å²) in [6, 6.07) is 14.9.